The molecule has 0 atom stereocenters. The van der Waals surface area contributed by atoms with Crippen LogP contribution in [0.3, 0.4) is 0 Å². The first-order valence-corrected chi connectivity index (χ1v) is 8.99. The van der Waals surface area contributed by atoms with Gasteiger partial charge in [0.2, 0.25) is 0 Å². The zero-order valence-corrected chi connectivity index (χ0v) is 15.9. The summed E-state index contributed by atoms with van der Waals surface area (Å²) in [7, 11) is 0. The van der Waals surface area contributed by atoms with Crippen LogP contribution in [0, 0.1) is 12.8 Å². The van der Waals surface area contributed by atoms with E-state index in [-0.39, 0.29) is 40.3 Å². The number of anilines is 1. The number of carbonyl (C=O) groups is 3. The average Bonchev–Trinajstić information content (AvgIpc) is 3.21. The molecule has 0 radical (unpaired) electrons. The quantitative estimate of drug-likeness (QED) is 0.733. The predicted molar refractivity (Wildman–Crippen MR) is 96.8 cm³/mol. The minimum atomic E-state index is -0.612. The summed E-state index contributed by atoms with van der Waals surface area (Å²) in [5.41, 5.74) is 0.560. The molecule has 26 heavy (non-hydrogen) atoms. The maximum Gasteiger partial charge on any atom is 0.348 e. The van der Waals surface area contributed by atoms with Crippen molar-refractivity contribution in [3.05, 3.63) is 40.2 Å². The van der Waals surface area contributed by atoms with Crippen molar-refractivity contribution in [1.29, 1.82) is 0 Å². The second kappa shape index (κ2) is 8.66. The number of furan rings is 1. The Kier molecular flexibility index (Phi) is 6.57. The molecule has 2 aromatic heterocycles. The fourth-order valence-corrected chi connectivity index (χ4v) is 3.21. The molecule has 0 saturated carbocycles. The van der Waals surface area contributed by atoms with Gasteiger partial charge in [0, 0.05) is 0 Å². The number of hydrogen-bond acceptors (Lipinski definition) is 7. The lowest BCUT2D eigenvalue weighted by Gasteiger charge is -2.07. The van der Waals surface area contributed by atoms with Gasteiger partial charge in [-0.25, -0.2) is 9.59 Å². The van der Waals surface area contributed by atoms with Gasteiger partial charge >= 0.3 is 11.9 Å². The second-order valence-electron chi connectivity index (χ2n) is 5.90. The van der Waals surface area contributed by atoms with Crippen molar-refractivity contribution in [1.82, 2.24) is 0 Å². The van der Waals surface area contributed by atoms with Crippen LogP contribution in [-0.2, 0) is 9.47 Å². The largest absolute Gasteiger partial charge is 0.462 e. The van der Waals surface area contributed by atoms with Crippen LogP contribution in [0.25, 0.3) is 0 Å². The molecule has 0 saturated heterocycles. The first-order chi connectivity index (χ1) is 12.3. The normalized spacial score (nSPS) is 10.7. The minimum Gasteiger partial charge on any atom is -0.462 e. The van der Waals surface area contributed by atoms with Crippen molar-refractivity contribution in [2.24, 2.45) is 5.92 Å². The molecule has 2 aromatic rings. The third-order valence-electron chi connectivity index (χ3n) is 3.33. The fraction of sp³-hybridized carbons (Fsp3) is 0.389. The Hall–Kier alpha value is -2.61. The number of nitrogens with one attached hydrogen (secondary N) is 1. The van der Waals surface area contributed by atoms with Gasteiger partial charge in [-0.2, -0.15) is 0 Å². The Morgan fingerprint density at radius 3 is 2.54 bits per heavy atom. The highest BCUT2D eigenvalue weighted by Crippen LogP contribution is 2.34. The number of thiophene rings is 1. The first kappa shape index (κ1) is 19.7. The van der Waals surface area contributed by atoms with E-state index in [0.29, 0.717) is 5.56 Å². The molecular weight excluding hydrogens is 358 g/mol. The second-order valence-corrected chi connectivity index (χ2v) is 6.93. The summed E-state index contributed by atoms with van der Waals surface area (Å²) >= 11 is 0.977. The van der Waals surface area contributed by atoms with Crippen LogP contribution >= 0.6 is 11.3 Å². The van der Waals surface area contributed by atoms with Crippen molar-refractivity contribution in [3.8, 4) is 0 Å². The van der Waals surface area contributed by atoms with Crippen LogP contribution in [-0.4, -0.2) is 31.1 Å². The highest BCUT2D eigenvalue weighted by atomic mass is 32.1. The van der Waals surface area contributed by atoms with Crippen molar-refractivity contribution >= 4 is 34.2 Å². The van der Waals surface area contributed by atoms with Gasteiger partial charge in [-0.05, 0) is 37.5 Å². The molecule has 2 heterocycles. The zero-order valence-electron chi connectivity index (χ0n) is 15.1. The molecular formula is C18H21NO6S. The fourth-order valence-electron chi connectivity index (χ4n) is 2.13. The predicted octanol–water partition coefficient (Wildman–Crippen LogP) is 3.89. The highest BCUT2D eigenvalue weighted by molar-refractivity contribution is 7.18. The standard InChI is InChI=1S/C18H21NO6S/c1-5-23-17(21)13-11(4)14(18(22)25-9-10(2)3)26-16(13)19-15(20)12-7-6-8-24-12/h6-8,10H,5,9H2,1-4H3,(H,19,20). The summed E-state index contributed by atoms with van der Waals surface area (Å²) in [6.45, 7) is 7.59. The van der Waals surface area contributed by atoms with Crippen LogP contribution < -0.4 is 5.32 Å². The first-order valence-electron chi connectivity index (χ1n) is 8.17. The van der Waals surface area contributed by atoms with E-state index >= 15 is 0 Å². The average molecular weight is 379 g/mol. The smallest absolute Gasteiger partial charge is 0.348 e. The summed E-state index contributed by atoms with van der Waals surface area (Å²) in [5.74, 6) is -1.40. The van der Waals surface area contributed by atoms with Crippen molar-refractivity contribution < 1.29 is 28.3 Å². The summed E-state index contributed by atoms with van der Waals surface area (Å²) in [5, 5.41) is 2.83. The van der Waals surface area contributed by atoms with Gasteiger partial charge in [0.15, 0.2) is 5.76 Å². The Labute approximate surface area is 155 Å². The molecule has 8 heteroatoms. The molecule has 0 spiro atoms. The number of carbonyl (C=O) groups excluding carboxylic acids is 3. The molecule has 0 fully saturated rings. The Balaban J connectivity index is 2.35. The van der Waals surface area contributed by atoms with E-state index in [4.69, 9.17) is 13.9 Å². The van der Waals surface area contributed by atoms with Gasteiger partial charge in [-0.1, -0.05) is 13.8 Å². The molecule has 1 amide bonds. The van der Waals surface area contributed by atoms with Gasteiger partial charge in [0.05, 0.1) is 25.0 Å². The molecule has 1 N–H and O–H groups in total. The lowest BCUT2D eigenvalue weighted by atomic mass is 10.1. The Bertz CT molecular complexity index is 791. The van der Waals surface area contributed by atoms with E-state index in [2.05, 4.69) is 5.32 Å². The van der Waals surface area contributed by atoms with Crippen LogP contribution in [0.1, 0.15) is 56.9 Å². The number of ether oxygens (including phenoxy) is 2. The van der Waals surface area contributed by atoms with Crippen LogP contribution in [0.4, 0.5) is 5.00 Å². The van der Waals surface area contributed by atoms with E-state index in [1.54, 1.807) is 19.9 Å². The van der Waals surface area contributed by atoms with E-state index in [1.807, 2.05) is 13.8 Å². The monoisotopic (exact) mass is 379 g/mol. The van der Waals surface area contributed by atoms with Crippen LogP contribution in [0.15, 0.2) is 22.8 Å². The molecule has 0 aliphatic rings. The maximum atomic E-state index is 12.3. The van der Waals surface area contributed by atoms with Crippen LogP contribution in [0.5, 0.6) is 0 Å². The minimum absolute atomic E-state index is 0.0924. The van der Waals surface area contributed by atoms with E-state index in [9.17, 15) is 14.4 Å². The van der Waals surface area contributed by atoms with Gasteiger partial charge in [0.1, 0.15) is 9.88 Å². The van der Waals surface area contributed by atoms with Crippen molar-refractivity contribution in [2.75, 3.05) is 18.5 Å². The summed E-state index contributed by atoms with van der Waals surface area (Å²) in [6, 6.07) is 3.08. The lowest BCUT2D eigenvalue weighted by Crippen LogP contribution is -2.14. The van der Waals surface area contributed by atoms with E-state index < -0.39 is 17.8 Å². The molecule has 140 valence electrons. The van der Waals surface area contributed by atoms with Gasteiger partial charge in [-0.15, -0.1) is 11.3 Å². The third kappa shape index (κ3) is 4.51. The molecule has 0 bridgehead atoms. The van der Waals surface area contributed by atoms with E-state index in [1.165, 1.54) is 12.3 Å². The molecule has 0 aromatic carbocycles. The number of esters is 2. The zero-order chi connectivity index (χ0) is 19.3. The van der Waals surface area contributed by atoms with Gasteiger partial charge in [0.25, 0.3) is 5.91 Å². The van der Waals surface area contributed by atoms with Gasteiger partial charge < -0.3 is 19.2 Å². The number of amides is 1. The third-order valence-corrected chi connectivity index (χ3v) is 4.52. The Morgan fingerprint density at radius 1 is 1.23 bits per heavy atom. The Morgan fingerprint density at radius 2 is 1.96 bits per heavy atom. The van der Waals surface area contributed by atoms with Crippen molar-refractivity contribution in [3.63, 3.8) is 0 Å². The van der Waals surface area contributed by atoms with Crippen LogP contribution in [0.2, 0.25) is 0 Å². The highest BCUT2D eigenvalue weighted by Gasteiger charge is 2.28. The van der Waals surface area contributed by atoms with Gasteiger partial charge in [-0.3, -0.25) is 4.79 Å². The summed E-state index contributed by atoms with van der Waals surface area (Å²) < 4.78 is 15.3. The molecule has 2 rings (SSSR count). The molecule has 0 aliphatic heterocycles. The maximum absolute atomic E-state index is 12.3. The lowest BCUT2D eigenvalue weighted by molar-refractivity contribution is 0.0464. The topological polar surface area (TPSA) is 94.8 Å². The molecule has 0 unspecified atom stereocenters. The molecule has 7 nitrogen and oxygen atoms in total. The SMILES string of the molecule is CCOC(=O)c1c(NC(=O)c2ccco2)sc(C(=O)OCC(C)C)c1C. The number of rotatable bonds is 7. The summed E-state index contributed by atoms with van der Waals surface area (Å²) in [6.07, 6.45) is 1.37. The molecule has 0 aliphatic carbocycles. The van der Waals surface area contributed by atoms with Crippen molar-refractivity contribution in [2.45, 2.75) is 27.7 Å². The van der Waals surface area contributed by atoms with E-state index in [0.717, 1.165) is 11.3 Å². The summed E-state index contributed by atoms with van der Waals surface area (Å²) in [4.78, 5) is 37.1. The number of hydrogen-bond donors (Lipinski definition) is 1.